The number of rotatable bonds is 5. The Bertz CT molecular complexity index is 621. The third kappa shape index (κ3) is 3.93. The van der Waals surface area contributed by atoms with E-state index in [9.17, 15) is 8.42 Å². The number of sulfonamides is 1. The minimum absolute atomic E-state index is 0.320. The molecule has 0 saturated carbocycles. The summed E-state index contributed by atoms with van der Waals surface area (Å²) in [6.07, 6.45) is 2.90. The molecule has 1 N–H and O–H groups in total. The Morgan fingerprint density at radius 3 is 2.67 bits per heavy atom. The number of hydrogen-bond acceptors (Lipinski definition) is 3. The molecule has 1 aromatic carbocycles. The van der Waals surface area contributed by atoms with Gasteiger partial charge in [0.1, 0.15) is 0 Å². The molecule has 2 rings (SSSR count). The fourth-order valence-corrected chi connectivity index (χ4v) is 4.16. The highest BCUT2D eigenvalue weighted by Gasteiger charge is 2.27. The maximum Gasteiger partial charge on any atom is 0.243 e. The van der Waals surface area contributed by atoms with Crippen LogP contribution in [0.3, 0.4) is 0 Å². The lowest BCUT2D eigenvalue weighted by molar-refractivity contribution is 0.427. The van der Waals surface area contributed by atoms with Crippen molar-refractivity contribution in [2.75, 3.05) is 13.1 Å². The van der Waals surface area contributed by atoms with Crippen LogP contribution in [0.2, 0.25) is 0 Å². The Labute approximate surface area is 127 Å². The van der Waals surface area contributed by atoms with E-state index in [-0.39, 0.29) is 0 Å². The second-order valence-electron chi connectivity index (χ2n) is 5.82. The van der Waals surface area contributed by atoms with Crippen LogP contribution < -0.4 is 5.32 Å². The molecule has 116 valence electrons. The third-order valence-corrected chi connectivity index (χ3v) is 5.53. The first-order valence-electron chi connectivity index (χ1n) is 7.38. The Morgan fingerprint density at radius 1 is 1.29 bits per heavy atom. The van der Waals surface area contributed by atoms with Crippen molar-refractivity contribution in [1.29, 1.82) is 0 Å². The summed E-state index contributed by atoms with van der Waals surface area (Å²) in [4.78, 5) is 0.424. The minimum Gasteiger partial charge on any atom is -0.310 e. The summed E-state index contributed by atoms with van der Waals surface area (Å²) in [5, 5.41) is 3.29. The van der Waals surface area contributed by atoms with Gasteiger partial charge in [-0.1, -0.05) is 43.7 Å². The standard InChI is InChI=1S/C16H24N2O2S/c1-13(2)17-11-15-8-4-5-9-16(15)21(19,20)18-10-6-7-14(3)12-18/h4-5,7-9,13,17H,6,10-12H2,1-3H3. The van der Waals surface area contributed by atoms with Crippen LogP contribution in [0.15, 0.2) is 40.8 Å². The van der Waals surface area contributed by atoms with E-state index >= 15 is 0 Å². The Kier molecular flexibility index (Phi) is 5.19. The van der Waals surface area contributed by atoms with Crippen molar-refractivity contribution in [3.8, 4) is 0 Å². The number of benzene rings is 1. The molecule has 0 atom stereocenters. The second kappa shape index (κ2) is 6.73. The van der Waals surface area contributed by atoms with E-state index in [0.717, 1.165) is 17.6 Å². The average molecular weight is 308 g/mol. The minimum atomic E-state index is -3.42. The second-order valence-corrected chi connectivity index (χ2v) is 7.73. The lowest BCUT2D eigenvalue weighted by Crippen LogP contribution is -2.36. The van der Waals surface area contributed by atoms with Crippen molar-refractivity contribution in [2.45, 2.75) is 44.7 Å². The average Bonchev–Trinajstić information content (AvgIpc) is 2.45. The van der Waals surface area contributed by atoms with E-state index < -0.39 is 10.0 Å². The number of nitrogens with one attached hydrogen (secondary N) is 1. The monoisotopic (exact) mass is 308 g/mol. The lowest BCUT2D eigenvalue weighted by atomic mass is 10.2. The van der Waals surface area contributed by atoms with Crippen LogP contribution in [0.1, 0.15) is 32.8 Å². The summed E-state index contributed by atoms with van der Waals surface area (Å²) in [6.45, 7) is 7.70. The van der Waals surface area contributed by atoms with Crippen molar-refractivity contribution in [1.82, 2.24) is 9.62 Å². The first-order valence-corrected chi connectivity index (χ1v) is 8.82. The van der Waals surface area contributed by atoms with Gasteiger partial charge in [-0.3, -0.25) is 0 Å². The predicted octanol–water partition coefficient (Wildman–Crippen LogP) is 2.53. The van der Waals surface area contributed by atoms with E-state index in [1.165, 1.54) is 0 Å². The molecule has 0 unspecified atom stereocenters. The van der Waals surface area contributed by atoms with Crippen LogP contribution >= 0.6 is 0 Å². The number of nitrogens with zero attached hydrogens (tertiary/aromatic N) is 1. The molecular weight excluding hydrogens is 284 g/mol. The van der Waals surface area contributed by atoms with Gasteiger partial charge in [0.2, 0.25) is 10.0 Å². The van der Waals surface area contributed by atoms with Gasteiger partial charge in [0.05, 0.1) is 4.90 Å². The molecule has 0 amide bonds. The molecule has 0 fully saturated rings. The van der Waals surface area contributed by atoms with Crippen molar-refractivity contribution in [3.63, 3.8) is 0 Å². The van der Waals surface area contributed by atoms with Crippen molar-refractivity contribution < 1.29 is 8.42 Å². The zero-order valence-electron chi connectivity index (χ0n) is 13.0. The van der Waals surface area contributed by atoms with E-state index in [0.29, 0.717) is 30.6 Å². The fourth-order valence-electron chi connectivity index (χ4n) is 2.44. The zero-order chi connectivity index (χ0) is 15.5. The summed E-state index contributed by atoms with van der Waals surface area (Å²) < 4.78 is 27.3. The molecule has 0 spiro atoms. The van der Waals surface area contributed by atoms with Crippen LogP contribution in [-0.2, 0) is 16.6 Å². The first-order chi connectivity index (χ1) is 9.91. The molecule has 0 saturated heterocycles. The summed E-state index contributed by atoms with van der Waals surface area (Å²) in [6, 6.07) is 7.59. The van der Waals surface area contributed by atoms with Crippen molar-refractivity contribution in [3.05, 3.63) is 41.5 Å². The molecule has 21 heavy (non-hydrogen) atoms. The van der Waals surface area contributed by atoms with Gasteiger partial charge in [-0.05, 0) is 25.0 Å². The fraction of sp³-hybridized carbons (Fsp3) is 0.500. The Balaban J connectivity index is 2.29. The highest BCUT2D eigenvalue weighted by molar-refractivity contribution is 7.89. The van der Waals surface area contributed by atoms with Crippen LogP contribution in [0, 0.1) is 0 Å². The molecule has 0 aromatic heterocycles. The smallest absolute Gasteiger partial charge is 0.243 e. The highest BCUT2D eigenvalue weighted by atomic mass is 32.2. The number of hydrogen-bond donors (Lipinski definition) is 1. The molecule has 4 nitrogen and oxygen atoms in total. The molecule has 0 bridgehead atoms. The van der Waals surface area contributed by atoms with Gasteiger partial charge < -0.3 is 5.32 Å². The van der Waals surface area contributed by atoms with Gasteiger partial charge in [0.25, 0.3) is 0 Å². The summed E-state index contributed by atoms with van der Waals surface area (Å²) in [7, 11) is -3.42. The van der Waals surface area contributed by atoms with Gasteiger partial charge in [-0.15, -0.1) is 0 Å². The quantitative estimate of drug-likeness (QED) is 0.850. The van der Waals surface area contributed by atoms with Crippen LogP contribution in [0.4, 0.5) is 0 Å². The normalized spacial score (nSPS) is 17.0. The van der Waals surface area contributed by atoms with Crippen molar-refractivity contribution >= 4 is 10.0 Å². The van der Waals surface area contributed by atoms with E-state index in [2.05, 4.69) is 25.2 Å². The van der Waals surface area contributed by atoms with Gasteiger partial charge in [-0.25, -0.2) is 8.42 Å². The molecule has 5 heteroatoms. The van der Waals surface area contributed by atoms with Gasteiger partial charge in [-0.2, -0.15) is 4.31 Å². The largest absolute Gasteiger partial charge is 0.310 e. The van der Waals surface area contributed by atoms with E-state index in [4.69, 9.17) is 0 Å². The van der Waals surface area contributed by atoms with E-state index in [1.807, 2.05) is 19.1 Å². The topological polar surface area (TPSA) is 49.4 Å². The SMILES string of the molecule is CC1=CCCN(S(=O)(=O)c2ccccc2CNC(C)C)C1. The Hall–Kier alpha value is -1.17. The highest BCUT2D eigenvalue weighted by Crippen LogP contribution is 2.23. The molecule has 1 aliphatic heterocycles. The molecular formula is C16H24N2O2S. The van der Waals surface area contributed by atoms with Crippen LogP contribution in [0.25, 0.3) is 0 Å². The van der Waals surface area contributed by atoms with Crippen molar-refractivity contribution in [2.24, 2.45) is 0 Å². The molecule has 1 heterocycles. The first kappa shape index (κ1) is 16.2. The zero-order valence-corrected chi connectivity index (χ0v) is 13.8. The van der Waals surface area contributed by atoms with Gasteiger partial charge in [0.15, 0.2) is 0 Å². The van der Waals surface area contributed by atoms with Gasteiger partial charge in [0, 0.05) is 25.7 Å². The van der Waals surface area contributed by atoms with E-state index in [1.54, 1.807) is 16.4 Å². The van der Waals surface area contributed by atoms with Gasteiger partial charge >= 0.3 is 0 Å². The summed E-state index contributed by atoms with van der Waals surface area (Å²) in [5.41, 5.74) is 1.95. The third-order valence-electron chi connectivity index (χ3n) is 3.59. The maximum atomic E-state index is 12.9. The maximum absolute atomic E-state index is 12.9. The summed E-state index contributed by atoms with van der Waals surface area (Å²) in [5.74, 6) is 0. The molecule has 1 aromatic rings. The van der Waals surface area contributed by atoms with Crippen LogP contribution in [-0.4, -0.2) is 31.9 Å². The molecule has 0 radical (unpaired) electrons. The predicted molar refractivity (Wildman–Crippen MR) is 85.6 cm³/mol. The summed E-state index contributed by atoms with van der Waals surface area (Å²) >= 11 is 0. The Morgan fingerprint density at radius 2 is 2.00 bits per heavy atom. The van der Waals surface area contributed by atoms with Crippen LogP contribution in [0.5, 0.6) is 0 Å². The molecule has 1 aliphatic rings. The molecule has 0 aliphatic carbocycles. The lowest BCUT2D eigenvalue weighted by Gasteiger charge is -2.26.